The van der Waals surface area contributed by atoms with Crippen LogP contribution in [0.1, 0.15) is 43.0 Å². The Morgan fingerprint density at radius 2 is 1.91 bits per heavy atom. The third-order valence-electron chi connectivity index (χ3n) is 3.98. The van der Waals surface area contributed by atoms with Crippen molar-refractivity contribution in [1.82, 2.24) is 9.62 Å². The van der Waals surface area contributed by atoms with E-state index in [0.717, 1.165) is 4.31 Å². The number of nitrogens with one attached hydrogen (secondary N) is 1. The molecule has 22 heavy (non-hydrogen) atoms. The molecule has 1 aromatic heterocycles. The zero-order valence-electron chi connectivity index (χ0n) is 13.8. The molecule has 0 aliphatic rings. The molecule has 0 radical (unpaired) electrons. The molecule has 0 aliphatic carbocycles. The first-order valence-corrected chi connectivity index (χ1v) is 8.63. The van der Waals surface area contributed by atoms with Gasteiger partial charge in [-0.1, -0.05) is 13.8 Å². The lowest BCUT2D eigenvalue weighted by atomic mass is 9.93. The van der Waals surface area contributed by atoms with Crippen LogP contribution in [-0.4, -0.2) is 44.8 Å². The lowest BCUT2D eigenvalue weighted by Gasteiger charge is -2.30. The average Bonchev–Trinajstić information content (AvgIpc) is 2.87. The summed E-state index contributed by atoms with van der Waals surface area (Å²) in [6, 6.07) is 1.26. The molecule has 0 atom stereocenters. The molecule has 7 nitrogen and oxygen atoms in total. The number of hydrogen-bond acceptors (Lipinski definition) is 5. The topological polar surface area (TPSA) is 106 Å². The van der Waals surface area contributed by atoms with E-state index in [4.69, 9.17) is 10.2 Å². The fourth-order valence-electron chi connectivity index (χ4n) is 2.10. The van der Waals surface area contributed by atoms with Crippen molar-refractivity contribution in [2.24, 2.45) is 5.73 Å². The zero-order chi connectivity index (χ0) is 17.1. The maximum atomic E-state index is 12.3. The van der Waals surface area contributed by atoms with Crippen LogP contribution in [0.25, 0.3) is 0 Å². The Hall–Kier alpha value is -1.38. The maximum absolute atomic E-state index is 12.3. The van der Waals surface area contributed by atoms with Gasteiger partial charge in [-0.15, -0.1) is 0 Å². The highest BCUT2D eigenvalue weighted by Gasteiger charge is 2.30. The van der Waals surface area contributed by atoms with Gasteiger partial charge in [0.1, 0.15) is 10.7 Å². The van der Waals surface area contributed by atoms with Gasteiger partial charge in [-0.25, -0.2) is 12.7 Å². The smallest absolute Gasteiger partial charge is 0.287 e. The van der Waals surface area contributed by atoms with E-state index in [2.05, 4.69) is 5.32 Å². The van der Waals surface area contributed by atoms with E-state index in [1.54, 1.807) is 0 Å². The fourth-order valence-corrected chi connectivity index (χ4v) is 3.15. The fraction of sp³-hybridized carbons (Fsp3) is 0.643. The first kappa shape index (κ1) is 18.7. The molecular formula is C14H25N3O4S. The van der Waals surface area contributed by atoms with Crippen LogP contribution < -0.4 is 11.1 Å². The number of nitrogens with two attached hydrogens (primary N) is 1. The lowest BCUT2D eigenvalue weighted by molar-refractivity contribution is 0.0865. The van der Waals surface area contributed by atoms with Crippen LogP contribution in [0.3, 0.4) is 0 Å². The minimum Gasteiger partial charge on any atom is -0.455 e. The number of rotatable bonds is 7. The van der Waals surface area contributed by atoms with Crippen LogP contribution in [0.4, 0.5) is 0 Å². The lowest BCUT2D eigenvalue weighted by Crippen LogP contribution is -2.52. The number of aryl methyl sites for hydroxylation is 1. The summed E-state index contributed by atoms with van der Waals surface area (Å²) < 4.78 is 30.7. The second kappa shape index (κ2) is 6.80. The Morgan fingerprint density at radius 1 is 1.36 bits per heavy atom. The summed E-state index contributed by atoms with van der Waals surface area (Å²) in [5.41, 5.74) is 5.24. The van der Waals surface area contributed by atoms with Crippen molar-refractivity contribution in [3.63, 3.8) is 0 Å². The summed E-state index contributed by atoms with van der Waals surface area (Å²) in [6.07, 6.45) is 1.35. The number of amides is 1. The van der Waals surface area contributed by atoms with Crippen LogP contribution in [0, 0.1) is 6.92 Å². The molecule has 1 amide bonds. The van der Waals surface area contributed by atoms with Gasteiger partial charge in [0.25, 0.3) is 5.91 Å². The average molecular weight is 331 g/mol. The minimum absolute atomic E-state index is 0.00556. The van der Waals surface area contributed by atoms with Crippen LogP contribution in [0.2, 0.25) is 0 Å². The molecule has 0 aliphatic heterocycles. The summed E-state index contributed by atoms with van der Waals surface area (Å²) in [7, 11) is -0.794. The Labute approximate surface area is 131 Å². The van der Waals surface area contributed by atoms with E-state index < -0.39 is 21.5 Å². The molecule has 126 valence electrons. The number of carbonyl (C=O) groups is 1. The standard InChI is InChI=1S/C14H25N3O4S/c1-6-14(7-2,9-15)16-13(18)11-8-12(10(3)21-11)22(19,20)17(4)5/h8H,6-7,9,15H2,1-5H3,(H,16,18). The SMILES string of the molecule is CCC(CC)(CN)NC(=O)c1cc(S(=O)(=O)N(C)C)c(C)o1. The molecule has 8 heteroatoms. The predicted molar refractivity (Wildman–Crippen MR) is 84.2 cm³/mol. The van der Waals surface area contributed by atoms with Gasteiger partial charge in [-0.05, 0) is 19.8 Å². The van der Waals surface area contributed by atoms with E-state index in [9.17, 15) is 13.2 Å². The van der Waals surface area contributed by atoms with Gasteiger partial charge in [0.05, 0.1) is 5.54 Å². The Bertz CT molecular complexity index is 622. The van der Waals surface area contributed by atoms with Gasteiger partial charge >= 0.3 is 0 Å². The molecule has 0 saturated heterocycles. The minimum atomic E-state index is -3.65. The Balaban J connectivity index is 3.13. The largest absolute Gasteiger partial charge is 0.455 e. The van der Waals surface area contributed by atoms with Gasteiger partial charge in [-0.2, -0.15) is 0 Å². The van der Waals surface area contributed by atoms with Gasteiger partial charge in [0.15, 0.2) is 5.76 Å². The Morgan fingerprint density at radius 3 is 2.32 bits per heavy atom. The van der Waals surface area contributed by atoms with Gasteiger partial charge < -0.3 is 15.5 Å². The van der Waals surface area contributed by atoms with E-state index in [0.29, 0.717) is 19.4 Å². The van der Waals surface area contributed by atoms with Crippen molar-refractivity contribution in [3.8, 4) is 0 Å². The number of carbonyl (C=O) groups excluding carboxylic acids is 1. The summed E-state index contributed by atoms with van der Waals surface area (Å²) in [4.78, 5) is 12.3. The molecular weight excluding hydrogens is 306 g/mol. The molecule has 0 saturated carbocycles. The van der Waals surface area contributed by atoms with Crippen LogP contribution in [0.5, 0.6) is 0 Å². The summed E-state index contributed by atoms with van der Waals surface area (Å²) in [5.74, 6) is -0.305. The third-order valence-corrected chi connectivity index (χ3v) is 5.90. The zero-order valence-corrected chi connectivity index (χ0v) is 14.6. The van der Waals surface area contributed by atoms with E-state index >= 15 is 0 Å². The van der Waals surface area contributed by atoms with Crippen molar-refractivity contribution in [2.45, 2.75) is 44.0 Å². The number of nitrogens with zero attached hydrogens (tertiary/aromatic N) is 1. The first-order valence-electron chi connectivity index (χ1n) is 7.19. The van der Waals surface area contributed by atoms with Gasteiger partial charge in [0, 0.05) is 26.7 Å². The number of sulfonamides is 1. The molecule has 0 fully saturated rings. The quantitative estimate of drug-likeness (QED) is 0.778. The Kier molecular flexibility index (Phi) is 5.77. The highest BCUT2D eigenvalue weighted by Crippen LogP contribution is 2.23. The molecule has 1 heterocycles. The van der Waals surface area contributed by atoms with Crippen LogP contribution in [-0.2, 0) is 10.0 Å². The normalized spacial score (nSPS) is 12.7. The van der Waals surface area contributed by atoms with Crippen molar-refractivity contribution >= 4 is 15.9 Å². The molecule has 0 aromatic carbocycles. The second-order valence-corrected chi connectivity index (χ2v) is 7.58. The molecule has 3 N–H and O–H groups in total. The van der Waals surface area contributed by atoms with Gasteiger partial charge in [0.2, 0.25) is 10.0 Å². The summed E-state index contributed by atoms with van der Waals surface area (Å²) >= 11 is 0. The highest BCUT2D eigenvalue weighted by atomic mass is 32.2. The molecule has 0 bridgehead atoms. The molecule has 1 aromatic rings. The molecule has 1 rings (SSSR count). The van der Waals surface area contributed by atoms with E-state index in [-0.39, 0.29) is 16.4 Å². The van der Waals surface area contributed by atoms with Crippen molar-refractivity contribution in [3.05, 3.63) is 17.6 Å². The molecule has 0 spiro atoms. The van der Waals surface area contributed by atoms with Crippen molar-refractivity contribution < 1.29 is 17.6 Å². The summed E-state index contributed by atoms with van der Waals surface area (Å²) in [6.45, 7) is 5.69. The van der Waals surface area contributed by atoms with Crippen LogP contribution in [0.15, 0.2) is 15.4 Å². The van der Waals surface area contributed by atoms with Crippen molar-refractivity contribution in [1.29, 1.82) is 0 Å². The summed E-state index contributed by atoms with van der Waals surface area (Å²) in [5, 5.41) is 2.85. The maximum Gasteiger partial charge on any atom is 0.287 e. The monoisotopic (exact) mass is 331 g/mol. The predicted octanol–water partition coefficient (Wildman–Crippen LogP) is 1.09. The van der Waals surface area contributed by atoms with Crippen LogP contribution >= 0.6 is 0 Å². The van der Waals surface area contributed by atoms with E-state index in [1.165, 1.54) is 27.1 Å². The van der Waals surface area contributed by atoms with E-state index in [1.807, 2.05) is 13.8 Å². The molecule has 0 unspecified atom stereocenters. The first-order chi connectivity index (χ1) is 10.1. The van der Waals surface area contributed by atoms with Gasteiger partial charge in [-0.3, -0.25) is 4.79 Å². The second-order valence-electron chi connectivity index (χ2n) is 5.46. The highest BCUT2D eigenvalue weighted by molar-refractivity contribution is 7.89. The third kappa shape index (κ3) is 3.50. The number of hydrogen-bond donors (Lipinski definition) is 2. The van der Waals surface area contributed by atoms with Crippen molar-refractivity contribution in [2.75, 3.05) is 20.6 Å². The number of furan rings is 1.